The number of nitrogens with zero attached hydrogens (tertiary/aromatic N) is 2. The predicted molar refractivity (Wildman–Crippen MR) is 103 cm³/mol. The van der Waals surface area contributed by atoms with Crippen molar-refractivity contribution in [3.63, 3.8) is 0 Å². The van der Waals surface area contributed by atoms with Gasteiger partial charge in [0.25, 0.3) is 0 Å². The average molecular weight is 425 g/mol. The lowest BCUT2D eigenvalue weighted by atomic mass is 9.78. The molecule has 6 radical (unpaired) electrons. The lowest BCUT2D eigenvalue weighted by molar-refractivity contribution is 0.102. The number of aliphatic hydroxyl groups is 1. The molecule has 11 heteroatoms. The molecule has 2 heterocycles. The summed E-state index contributed by atoms with van der Waals surface area (Å²) >= 11 is 2.96. The number of phenols is 1. The molecule has 0 aliphatic carbocycles. The summed E-state index contributed by atoms with van der Waals surface area (Å²) in [5.74, 6) is -3.01. The van der Waals surface area contributed by atoms with E-state index < -0.39 is 29.2 Å². The van der Waals surface area contributed by atoms with Gasteiger partial charge in [-0.2, -0.15) is 0 Å². The molecular formula is C16H9B3BrFN2O4. The molecule has 0 amide bonds. The molecule has 1 unspecified atom stereocenters. The highest BCUT2D eigenvalue weighted by Gasteiger charge is 2.27. The van der Waals surface area contributed by atoms with Crippen LogP contribution in [0.25, 0.3) is 5.65 Å². The monoisotopic (exact) mass is 424 g/mol. The minimum Gasteiger partial charge on any atom is -0.508 e. The third kappa shape index (κ3) is 2.94. The average Bonchev–Trinajstić information content (AvgIpc) is 3.02. The Balaban J connectivity index is 2.40. The highest BCUT2D eigenvalue weighted by atomic mass is 79.9. The molecule has 0 bridgehead atoms. The van der Waals surface area contributed by atoms with Gasteiger partial charge in [-0.05, 0) is 35.0 Å². The molecule has 3 rings (SSSR count). The molecule has 0 aliphatic rings. The van der Waals surface area contributed by atoms with E-state index in [2.05, 4.69) is 20.9 Å². The van der Waals surface area contributed by atoms with Crippen molar-refractivity contribution in [3.8, 4) is 11.5 Å². The number of benzene rings is 1. The number of aliphatic hydroxyl groups excluding tert-OH is 1. The van der Waals surface area contributed by atoms with E-state index in [4.69, 9.17) is 23.5 Å². The molecular weight excluding hydrogens is 416 g/mol. The smallest absolute Gasteiger partial charge is 0.211 e. The second-order valence-electron chi connectivity index (χ2n) is 5.86. The van der Waals surface area contributed by atoms with Gasteiger partial charge in [-0.1, -0.05) is 10.9 Å². The van der Waals surface area contributed by atoms with Gasteiger partial charge in [0.2, 0.25) is 5.78 Å². The molecule has 6 nitrogen and oxygen atoms in total. The first kappa shape index (κ1) is 19.5. The SMILES string of the molecule is [B]c1c(O)c([B])n2c(C(=O)c3cc(F)c(O)c(Br)c3)c(C(C)O)nc2c1[B]. The standard InChI is InChI=1S/C16H9B3BrFN2O4/c1-4(24)10-11(12(25)5-2-6(20)13(26)7(21)3-5)23-15(19)14(27)8(17)9(18)16(23)22-10/h2-4,24,26-27H,1H3. The number of carbonyl (C=O) groups excluding carboxylic acids is 1. The maximum absolute atomic E-state index is 13.9. The van der Waals surface area contributed by atoms with Crippen LogP contribution in [0, 0.1) is 5.82 Å². The van der Waals surface area contributed by atoms with Crippen molar-refractivity contribution < 1.29 is 24.5 Å². The second-order valence-corrected chi connectivity index (χ2v) is 6.71. The van der Waals surface area contributed by atoms with Crippen LogP contribution in [-0.4, -0.2) is 54.0 Å². The molecule has 0 fully saturated rings. The lowest BCUT2D eigenvalue weighted by Crippen LogP contribution is -2.36. The summed E-state index contributed by atoms with van der Waals surface area (Å²) in [7, 11) is 17.4. The maximum Gasteiger partial charge on any atom is 0.211 e. The Bertz CT molecular complexity index is 1090. The number of hydrogen-bond donors (Lipinski definition) is 3. The van der Waals surface area contributed by atoms with Crippen LogP contribution in [0.2, 0.25) is 0 Å². The summed E-state index contributed by atoms with van der Waals surface area (Å²) in [5.41, 5.74) is -1.20. The van der Waals surface area contributed by atoms with Gasteiger partial charge in [0.05, 0.1) is 16.3 Å². The van der Waals surface area contributed by atoms with Gasteiger partial charge >= 0.3 is 0 Å². The van der Waals surface area contributed by atoms with E-state index in [1.54, 1.807) is 0 Å². The summed E-state index contributed by atoms with van der Waals surface area (Å²) < 4.78 is 14.9. The van der Waals surface area contributed by atoms with Crippen molar-refractivity contribution >= 4 is 67.4 Å². The van der Waals surface area contributed by atoms with Crippen LogP contribution in [0.3, 0.4) is 0 Å². The Hall–Kier alpha value is -2.26. The van der Waals surface area contributed by atoms with Crippen LogP contribution in [0.5, 0.6) is 11.5 Å². The van der Waals surface area contributed by atoms with Crippen molar-refractivity contribution in [2.75, 3.05) is 0 Å². The molecule has 0 spiro atoms. The molecule has 27 heavy (non-hydrogen) atoms. The number of pyridine rings is 1. The fourth-order valence-electron chi connectivity index (χ4n) is 2.69. The fourth-order valence-corrected chi connectivity index (χ4v) is 3.12. The molecule has 0 aliphatic heterocycles. The first-order chi connectivity index (χ1) is 12.6. The maximum atomic E-state index is 13.9. The number of imidazole rings is 1. The molecule has 0 saturated carbocycles. The van der Waals surface area contributed by atoms with Gasteiger partial charge in [-0.3, -0.25) is 4.79 Å². The predicted octanol–water partition coefficient (Wildman–Crippen LogP) is -0.687. The largest absolute Gasteiger partial charge is 0.508 e. The second kappa shape index (κ2) is 6.72. The van der Waals surface area contributed by atoms with E-state index >= 15 is 0 Å². The number of halogens is 2. The van der Waals surface area contributed by atoms with Crippen LogP contribution in [0.4, 0.5) is 4.39 Å². The van der Waals surface area contributed by atoms with E-state index in [0.717, 1.165) is 10.5 Å². The normalized spacial score (nSPS) is 12.4. The number of carbonyl (C=O) groups is 1. The van der Waals surface area contributed by atoms with Crippen LogP contribution >= 0.6 is 15.9 Å². The molecule has 3 aromatic rings. The van der Waals surface area contributed by atoms with Crippen LogP contribution in [0.1, 0.15) is 34.8 Å². The molecule has 3 N–H and O–H groups in total. The van der Waals surface area contributed by atoms with Crippen LogP contribution in [-0.2, 0) is 0 Å². The quantitative estimate of drug-likeness (QED) is 0.382. The van der Waals surface area contributed by atoms with E-state index in [1.807, 2.05) is 0 Å². The Morgan fingerprint density at radius 3 is 2.41 bits per heavy atom. The highest BCUT2D eigenvalue weighted by molar-refractivity contribution is 9.10. The van der Waals surface area contributed by atoms with Gasteiger partial charge in [0, 0.05) is 11.2 Å². The third-order valence-electron chi connectivity index (χ3n) is 4.06. The zero-order chi connectivity index (χ0) is 20.2. The number of rotatable bonds is 3. The number of fused-ring (bicyclic) bond motifs is 1. The topological polar surface area (TPSA) is 95.1 Å². The van der Waals surface area contributed by atoms with Crippen molar-refractivity contribution in [3.05, 3.63) is 39.4 Å². The summed E-state index contributed by atoms with van der Waals surface area (Å²) in [4.78, 5) is 17.2. The first-order valence-corrected chi connectivity index (χ1v) is 8.34. The third-order valence-corrected chi connectivity index (χ3v) is 4.67. The summed E-state index contributed by atoms with van der Waals surface area (Å²) in [6.07, 6.45) is -1.21. The Morgan fingerprint density at radius 1 is 1.22 bits per heavy atom. The van der Waals surface area contributed by atoms with Gasteiger partial charge < -0.3 is 19.7 Å². The van der Waals surface area contributed by atoms with Crippen LogP contribution in [0.15, 0.2) is 16.6 Å². The lowest BCUT2D eigenvalue weighted by Gasteiger charge is -2.14. The van der Waals surface area contributed by atoms with E-state index in [-0.39, 0.29) is 43.6 Å². The number of hydrogen-bond acceptors (Lipinski definition) is 5. The first-order valence-electron chi connectivity index (χ1n) is 7.54. The van der Waals surface area contributed by atoms with Gasteiger partial charge in [-0.25, -0.2) is 9.37 Å². The molecule has 130 valence electrons. The highest BCUT2D eigenvalue weighted by Crippen LogP contribution is 2.30. The van der Waals surface area contributed by atoms with E-state index in [0.29, 0.717) is 0 Å². The Kier molecular flexibility index (Phi) is 4.86. The molecule has 1 aromatic carbocycles. The minimum atomic E-state index is -1.21. The fraction of sp³-hybridized carbons (Fsp3) is 0.125. The number of phenolic OH excluding ortho intramolecular Hbond substituents is 1. The summed E-state index contributed by atoms with van der Waals surface area (Å²) in [5, 5.41) is 29.7. The minimum absolute atomic E-state index is 0.0413. The van der Waals surface area contributed by atoms with E-state index in [9.17, 15) is 24.5 Å². The summed E-state index contributed by atoms with van der Waals surface area (Å²) in [6, 6.07) is 2.02. The molecule has 1 atom stereocenters. The Labute approximate surface area is 165 Å². The van der Waals surface area contributed by atoms with Gasteiger partial charge in [-0.15, -0.1) is 0 Å². The molecule has 0 saturated heterocycles. The molecule has 2 aromatic heterocycles. The number of aromatic hydroxyl groups is 2. The van der Waals surface area contributed by atoms with Gasteiger partial charge in [0.1, 0.15) is 40.6 Å². The zero-order valence-electron chi connectivity index (χ0n) is 13.9. The Morgan fingerprint density at radius 2 is 1.85 bits per heavy atom. The van der Waals surface area contributed by atoms with Gasteiger partial charge in [0.15, 0.2) is 11.6 Å². The number of aromatic nitrogens is 2. The summed E-state index contributed by atoms with van der Waals surface area (Å²) in [6.45, 7) is 1.36. The van der Waals surface area contributed by atoms with Crippen molar-refractivity contribution in [2.45, 2.75) is 13.0 Å². The van der Waals surface area contributed by atoms with E-state index in [1.165, 1.54) is 13.0 Å². The van der Waals surface area contributed by atoms with Crippen molar-refractivity contribution in [1.82, 2.24) is 9.38 Å². The van der Waals surface area contributed by atoms with Crippen LogP contribution < -0.4 is 16.5 Å². The number of ketones is 1. The van der Waals surface area contributed by atoms with Crippen molar-refractivity contribution in [2.24, 2.45) is 0 Å². The van der Waals surface area contributed by atoms with Crippen molar-refractivity contribution in [1.29, 1.82) is 0 Å². The zero-order valence-corrected chi connectivity index (χ0v) is 15.5.